The van der Waals surface area contributed by atoms with Crippen molar-refractivity contribution < 1.29 is 23.5 Å². The minimum absolute atomic E-state index is 0.138. The summed E-state index contributed by atoms with van der Waals surface area (Å²) in [5.74, 6) is -1.67. The van der Waals surface area contributed by atoms with Gasteiger partial charge in [-0.2, -0.15) is 0 Å². The quantitative estimate of drug-likeness (QED) is 0.373. The number of methoxy groups -OCH3 is 1. The second-order valence-electron chi connectivity index (χ2n) is 6.96. The third kappa shape index (κ3) is 4.20. The van der Waals surface area contributed by atoms with Crippen molar-refractivity contribution in [2.45, 2.75) is 40.3 Å². The van der Waals surface area contributed by atoms with E-state index in [1.807, 2.05) is 6.92 Å². The summed E-state index contributed by atoms with van der Waals surface area (Å²) in [7, 11) is 1.29. The maximum absolute atomic E-state index is 13.4. The van der Waals surface area contributed by atoms with Crippen molar-refractivity contribution in [1.29, 1.82) is 0 Å². The van der Waals surface area contributed by atoms with Gasteiger partial charge in [0, 0.05) is 29.9 Å². The van der Waals surface area contributed by atoms with Crippen LogP contribution in [0, 0.1) is 19.7 Å². The normalized spacial score (nSPS) is 11.7. The highest BCUT2D eigenvalue weighted by Crippen LogP contribution is 2.26. The van der Waals surface area contributed by atoms with Gasteiger partial charge in [-0.05, 0) is 57.5 Å². The maximum Gasteiger partial charge on any atom is 0.354 e. The van der Waals surface area contributed by atoms with E-state index in [4.69, 9.17) is 4.74 Å². The lowest BCUT2D eigenvalue weighted by molar-refractivity contribution is 0.0587. The zero-order valence-electron chi connectivity index (χ0n) is 18.0. The molecule has 1 amide bonds. The van der Waals surface area contributed by atoms with Gasteiger partial charge >= 0.3 is 5.97 Å². The first kappa shape index (κ1) is 23.1. The molecule has 6 nitrogen and oxygen atoms in total. The number of rotatable bonds is 8. The van der Waals surface area contributed by atoms with E-state index in [0.29, 0.717) is 29.1 Å². The lowest BCUT2D eigenvalue weighted by Gasteiger charge is -2.27. The Morgan fingerprint density at radius 1 is 1.23 bits per heavy atom. The lowest BCUT2D eigenvalue weighted by atomic mass is 9.99. The van der Waals surface area contributed by atoms with Crippen molar-refractivity contribution in [2.75, 3.05) is 13.7 Å². The number of ketones is 1. The van der Waals surface area contributed by atoms with Crippen molar-refractivity contribution in [3.05, 3.63) is 70.8 Å². The molecule has 1 aromatic heterocycles. The Hall–Kier alpha value is -3.22. The summed E-state index contributed by atoms with van der Waals surface area (Å²) < 4.78 is 19.8. The molecule has 0 saturated carbocycles. The minimum Gasteiger partial charge on any atom is -0.464 e. The van der Waals surface area contributed by atoms with E-state index >= 15 is 0 Å². The molecule has 2 rings (SSSR count). The van der Waals surface area contributed by atoms with Gasteiger partial charge in [-0.25, -0.2) is 9.18 Å². The summed E-state index contributed by atoms with van der Waals surface area (Å²) in [5, 5.41) is 0. The van der Waals surface area contributed by atoms with Gasteiger partial charge in [0.2, 0.25) is 0 Å². The van der Waals surface area contributed by atoms with Crippen molar-refractivity contribution >= 4 is 17.7 Å². The van der Waals surface area contributed by atoms with Crippen LogP contribution >= 0.6 is 0 Å². The third-order valence-electron chi connectivity index (χ3n) is 5.23. The van der Waals surface area contributed by atoms with Crippen LogP contribution in [0.25, 0.3) is 0 Å². The summed E-state index contributed by atoms with van der Waals surface area (Å²) in [6.45, 7) is 11.3. The molecule has 30 heavy (non-hydrogen) atoms. The van der Waals surface area contributed by atoms with E-state index in [2.05, 4.69) is 6.58 Å². The first-order valence-corrected chi connectivity index (χ1v) is 9.69. The van der Waals surface area contributed by atoms with Crippen molar-refractivity contribution in [2.24, 2.45) is 0 Å². The molecule has 1 aromatic carbocycles. The molecule has 2 aromatic rings. The second kappa shape index (κ2) is 9.52. The Kier molecular flexibility index (Phi) is 7.32. The Morgan fingerprint density at radius 3 is 2.33 bits per heavy atom. The molecule has 0 aliphatic heterocycles. The van der Waals surface area contributed by atoms with Gasteiger partial charge in [-0.15, -0.1) is 6.58 Å². The van der Waals surface area contributed by atoms with Crippen LogP contribution in [-0.4, -0.2) is 46.8 Å². The number of benzene rings is 1. The SMILES string of the molecule is C=CCN(C(=O)c1ccc(F)cc1)[C@H](C)C(=O)c1c(C)c(C(=O)OC)n(CC)c1C. The zero-order valence-corrected chi connectivity index (χ0v) is 18.0. The first-order valence-electron chi connectivity index (χ1n) is 9.69. The van der Waals surface area contributed by atoms with Crippen LogP contribution in [0.3, 0.4) is 0 Å². The number of hydrogen-bond donors (Lipinski definition) is 0. The molecular weight excluding hydrogens is 387 g/mol. The largest absolute Gasteiger partial charge is 0.464 e. The molecule has 1 heterocycles. The van der Waals surface area contributed by atoms with E-state index in [1.165, 1.54) is 42.4 Å². The molecule has 0 bridgehead atoms. The molecule has 1 atom stereocenters. The summed E-state index contributed by atoms with van der Waals surface area (Å²) in [6, 6.07) is 4.33. The minimum atomic E-state index is -0.823. The molecule has 160 valence electrons. The van der Waals surface area contributed by atoms with E-state index < -0.39 is 23.7 Å². The Labute approximate surface area is 175 Å². The molecule has 7 heteroatoms. The highest BCUT2D eigenvalue weighted by molar-refractivity contribution is 6.07. The molecule has 0 saturated heterocycles. The second-order valence-corrected chi connectivity index (χ2v) is 6.96. The Bertz CT molecular complexity index is 976. The number of esters is 1. The van der Waals surface area contributed by atoms with Crippen molar-refractivity contribution in [3.63, 3.8) is 0 Å². The van der Waals surface area contributed by atoms with Gasteiger partial charge in [-0.3, -0.25) is 9.59 Å². The van der Waals surface area contributed by atoms with Crippen LogP contribution in [0.4, 0.5) is 4.39 Å². The standard InChI is InChI=1S/C23H27FN2O4/c1-7-13-26(22(28)17-9-11-18(24)12-10-17)16(5)21(27)19-14(3)20(23(29)30-6)25(8-2)15(19)4/h7,9-12,16H,1,8,13H2,2-6H3/t16-/m1/s1. The Balaban J connectivity index is 2.48. The molecule has 0 aliphatic carbocycles. The summed E-state index contributed by atoms with van der Waals surface area (Å²) >= 11 is 0. The fraction of sp³-hybridized carbons (Fsp3) is 0.348. The lowest BCUT2D eigenvalue weighted by Crippen LogP contribution is -2.43. The molecule has 0 radical (unpaired) electrons. The van der Waals surface area contributed by atoms with Gasteiger partial charge in [0.25, 0.3) is 5.91 Å². The van der Waals surface area contributed by atoms with Crippen LogP contribution in [-0.2, 0) is 11.3 Å². The average molecular weight is 414 g/mol. The van der Waals surface area contributed by atoms with Crippen LogP contribution in [0.15, 0.2) is 36.9 Å². The number of nitrogens with zero attached hydrogens (tertiary/aromatic N) is 2. The van der Waals surface area contributed by atoms with Crippen molar-refractivity contribution in [3.8, 4) is 0 Å². The highest BCUT2D eigenvalue weighted by Gasteiger charge is 2.32. The molecule has 0 aliphatic rings. The summed E-state index contributed by atoms with van der Waals surface area (Å²) in [5.41, 5.74) is 2.15. The van der Waals surface area contributed by atoms with Crippen LogP contribution < -0.4 is 0 Å². The van der Waals surface area contributed by atoms with E-state index in [9.17, 15) is 18.8 Å². The van der Waals surface area contributed by atoms with Gasteiger partial charge in [0.15, 0.2) is 5.78 Å². The average Bonchev–Trinajstić information content (AvgIpc) is 2.99. The number of carbonyl (C=O) groups excluding carboxylic acids is 3. The smallest absolute Gasteiger partial charge is 0.354 e. The number of ether oxygens (including phenoxy) is 1. The summed E-state index contributed by atoms with van der Waals surface area (Å²) in [4.78, 5) is 40.1. The van der Waals surface area contributed by atoms with Gasteiger partial charge in [0.05, 0.1) is 13.2 Å². The number of amides is 1. The molecule has 0 N–H and O–H groups in total. The third-order valence-corrected chi connectivity index (χ3v) is 5.23. The van der Waals surface area contributed by atoms with Crippen LogP contribution in [0.2, 0.25) is 0 Å². The predicted octanol–water partition coefficient (Wildman–Crippen LogP) is 3.95. The molecule has 0 fully saturated rings. The number of Topliss-reactive ketones (excluding diaryl/α,β-unsaturated/α-hetero) is 1. The number of aromatic nitrogens is 1. The first-order chi connectivity index (χ1) is 14.2. The zero-order chi connectivity index (χ0) is 22.6. The number of halogens is 1. The van der Waals surface area contributed by atoms with E-state index in [-0.39, 0.29) is 17.9 Å². The van der Waals surface area contributed by atoms with Crippen LogP contribution in [0.1, 0.15) is 56.3 Å². The number of hydrogen-bond acceptors (Lipinski definition) is 4. The maximum atomic E-state index is 13.4. The molecular formula is C23H27FN2O4. The summed E-state index contributed by atoms with van der Waals surface area (Å²) in [6.07, 6.45) is 1.53. The van der Waals surface area contributed by atoms with E-state index in [0.717, 1.165) is 0 Å². The fourth-order valence-corrected chi connectivity index (χ4v) is 3.68. The van der Waals surface area contributed by atoms with E-state index in [1.54, 1.807) is 25.3 Å². The van der Waals surface area contributed by atoms with Gasteiger partial charge < -0.3 is 14.2 Å². The monoisotopic (exact) mass is 414 g/mol. The van der Waals surface area contributed by atoms with Gasteiger partial charge in [0.1, 0.15) is 11.5 Å². The highest BCUT2D eigenvalue weighted by atomic mass is 19.1. The van der Waals surface area contributed by atoms with Crippen molar-refractivity contribution in [1.82, 2.24) is 9.47 Å². The molecule has 0 unspecified atom stereocenters. The molecule has 0 spiro atoms. The number of carbonyl (C=O) groups is 3. The fourth-order valence-electron chi connectivity index (χ4n) is 3.68. The van der Waals surface area contributed by atoms with Crippen LogP contribution in [0.5, 0.6) is 0 Å². The topological polar surface area (TPSA) is 68.6 Å². The van der Waals surface area contributed by atoms with Gasteiger partial charge in [-0.1, -0.05) is 6.08 Å². The predicted molar refractivity (Wildman–Crippen MR) is 112 cm³/mol. The Morgan fingerprint density at radius 2 is 1.83 bits per heavy atom.